The molecule has 2 aromatic carbocycles. The van der Waals surface area contributed by atoms with Gasteiger partial charge in [0.05, 0.1) is 0 Å². The van der Waals surface area contributed by atoms with Gasteiger partial charge in [0.15, 0.2) is 11.6 Å². The van der Waals surface area contributed by atoms with Crippen LogP contribution >= 0.6 is 0 Å². The molecule has 3 saturated carbocycles. The van der Waals surface area contributed by atoms with E-state index in [-0.39, 0.29) is 35.2 Å². The van der Waals surface area contributed by atoms with E-state index in [0.717, 1.165) is 17.0 Å². The standard InChI is InChI=1S/C32H28O2/c33-31(18-7-3-1-4-8-18)28-22-15-16-23(29(28)32(34)19-9-5-2-6-10-19)27-26(22)24-17-11-13-20-21(14-12-17)25(20)30(24)27/h1-17,20-30H/t17?,20-,21+,22-,23+,24-,25?,26-,27-,28+,29+,30+/m1/s1. The van der Waals surface area contributed by atoms with Crippen molar-refractivity contribution in [2.75, 3.05) is 0 Å². The first kappa shape index (κ1) is 19.3. The summed E-state index contributed by atoms with van der Waals surface area (Å²) >= 11 is 0. The monoisotopic (exact) mass is 444 g/mol. The zero-order valence-corrected chi connectivity index (χ0v) is 19.0. The Morgan fingerprint density at radius 3 is 1.38 bits per heavy atom. The maximum atomic E-state index is 14.1. The van der Waals surface area contributed by atoms with Gasteiger partial charge in [-0.05, 0) is 59.2 Å². The minimum atomic E-state index is -0.268. The van der Waals surface area contributed by atoms with Crippen LogP contribution in [0, 0.1) is 71.0 Å². The normalized spacial score (nSPS) is 45.5. The summed E-state index contributed by atoms with van der Waals surface area (Å²) in [6, 6.07) is 19.4. The van der Waals surface area contributed by atoms with Crippen molar-refractivity contribution in [2.24, 2.45) is 71.0 Å². The fourth-order valence-electron chi connectivity index (χ4n) is 9.15. The Labute approximate surface area is 200 Å². The first-order valence-electron chi connectivity index (χ1n) is 13.0. The molecule has 2 heteroatoms. The molecule has 34 heavy (non-hydrogen) atoms. The van der Waals surface area contributed by atoms with Crippen LogP contribution < -0.4 is 0 Å². The van der Waals surface area contributed by atoms with E-state index < -0.39 is 0 Å². The minimum absolute atomic E-state index is 0.151. The minimum Gasteiger partial charge on any atom is -0.294 e. The van der Waals surface area contributed by atoms with E-state index >= 15 is 0 Å². The molecule has 0 radical (unpaired) electrons. The Morgan fingerprint density at radius 2 is 0.882 bits per heavy atom. The number of rotatable bonds is 4. The molecule has 6 bridgehead atoms. The van der Waals surface area contributed by atoms with E-state index in [9.17, 15) is 9.59 Å². The molecule has 8 aliphatic rings. The molecule has 0 N–H and O–H groups in total. The topological polar surface area (TPSA) is 34.1 Å². The second kappa shape index (κ2) is 6.78. The maximum Gasteiger partial charge on any atom is 0.167 e. The van der Waals surface area contributed by atoms with Crippen LogP contribution in [-0.2, 0) is 0 Å². The average molecular weight is 445 g/mol. The summed E-state index contributed by atoms with van der Waals surface area (Å²) in [7, 11) is 0. The van der Waals surface area contributed by atoms with Gasteiger partial charge in [-0.1, -0.05) is 97.1 Å². The fourth-order valence-corrected chi connectivity index (χ4v) is 9.15. The molecule has 3 fully saturated rings. The molecule has 12 atom stereocenters. The number of carbonyl (C=O) groups is 2. The fraction of sp³-hybridized carbons (Fsp3) is 0.375. The molecular weight excluding hydrogens is 416 g/mol. The molecule has 2 nitrogen and oxygen atoms in total. The number of ketones is 2. The van der Waals surface area contributed by atoms with Gasteiger partial charge in [-0.2, -0.15) is 0 Å². The molecular formula is C32H28O2. The van der Waals surface area contributed by atoms with Crippen molar-refractivity contribution < 1.29 is 9.59 Å². The van der Waals surface area contributed by atoms with Crippen LogP contribution in [0.3, 0.4) is 0 Å². The van der Waals surface area contributed by atoms with Crippen LogP contribution in [0.15, 0.2) is 97.1 Å². The Bertz CT molecular complexity index is 1250. The largest absolute Gasteiger partial charge is 0.294 e. The summed E-state index contributed by atoms with van der Waals surface area (Å²) in [5.41, 5.74) is 1.50. The van der Waals surface area contributed by atoms with Crippen molar-refractivity contribution >= 4 is 11.6 Å². The Hall–Kier alpha value is -3.00. The maximum absolute atomic E-state index is 14.1. The lowest BCUT2D eigenvalue weighted by atomic mass is 9.36. The van der Waals surface area contributed by atoms with E-state index in [2.05, 4.69) is 36.5 Å². The average Bonchev–Trinajstić information content (AvgIpc) is 3.63. The zero-order chi connectivity index (χ0) is 22.6. The summed E-state index contributed by atoms with van der Waals surface area (Å²) in [5, 5.41) is 0. The molecule has 168 valence electrons. The third kappa shape index (κ3) is 2.37. The van der Waals surface area contributed by atoms with Crippen LogP contribution in [0.25, 0.3) is 0 Å². The number of benzene rings is 2. The number of hydrogen-bond acceptors (Lipinski definition) is 2. The van der Waals surface area contributed by atoms with E-state index in [1.54, 1.807) is 0 Å². The highest BCUT2D eigenvalue weighted by atomic mass is 16.1. The zero-order valence-electron chi connectivity index (χ0n) is 19.0. The molecule has 0 spiro atoms. The number of Topliss-reactive ketones (excluding diaryl/α,β-unsaturated/α-hetero) is 2. The van der Waals surface area contributed by atoms with E-state index in [0.29, 0.717) is 41.4 Å². The van der Waals surface area contributed by atoms with E-state index in [1.807, 2.05) is 60.7 Å². The van der Waals surface area contributed by atoms with Gasteiger partial charge in [-0.15, -0.1) is 0 Å². The van der Waals surface area contributed by atoms with Crippen LogP contribution in [0.2, 0.25) is 0 Å². The van der Waals surface area contributed by atoms with Crippen molar-refractivity contribution in [1.29, 1.82) is 0 Å². The van der Waals surface area contributed by atoms with Crippen molar-refractivity contribution in [3.63, 3.8) is 0 Å². The predicted molar refractivity (Wildman–Crippen MR) is 131 cm³/mol. The van der Waals surface area contributed by atoms with Crippen LogP contribution in [0.5, 0.6) is 0 Å². The van der Waals surface area contributed by atoms with Crippen molar-refractivity contribution in [3.8, 4) is 0 Å². The van der Waals surface area contributed by atoms with E-state index in [1.165, 1.54) is 0 Å². The molecule has 0 saturated heterocycles. The lowest BCUT2D eigenvalue weighted by Crippen LogP contribution is -2.65. The lowest BCUT2D eigenvalue weighted by Gasteiger charge is -2.66. The molecule has 0 amide bonds. The first-order chi connectivity index (χ1) is 16.7. The molecule has 0 aliphatic heterocycles. The smallest absolute Gasteiger partial charge is 0.167 e. The summed E-state index contributed by atoms with van der Waals surface area (Å²) in [5.74, 6) is 5.11. The van der Waals surface area contributed by atoms with Crippen LogP contribution in [0.4, 0.5) is 0 Å². The van der Waals surface area contributed by atoms with Gasteiger partial charge in [-0.3, -0.25) is 9.59 Å². The Kier molecular flexibility index (Phi) is 3.85. The van der Waals surface area contributed by atoms with Gasteiger partial charge in [-0.25, -0.2) is 0 Å². The van der Waals surface area contributed by atoms with Gasteiger partial charge in [0.25, 0.3) is 0 Å². The quantitative estimate of drug-likeness (QED) is 0.435. The predicted octanol–water partition coefficient (Wildman–Crippen LogP) is 5.90. The SMILES string of the molecule is O=C(c1ccccc1)[C@H]1[C@H]2C=C[C@@H]([C@@H]1C(=O)c1ccccc1)[C@@H]1[C@H]3C4C=C[C@@H]5C([C@H]3[C@H]21)[C@@H]5C=C4. The van der Waals surface area contributed by atoms with Gasteiger partial charge in [0, 0.05) is 23.0 Å². The third-order valence-electron chi connectivity index (χ3n) is 10.4. The van der Waals surface area contributed by atoms with Gasteiger partial charge >= 0.3 is 0 Å². The number of allylic oxidation sites excluding steroid dienone is 6. The van der Waals surface area contributed by atoms with E-state index in [4.69, 9.17) is 0 Å². The molecule has 0 heterocycles. The second-order valence-corrected chi connectivity index (χ2v) is 11.4. The highest BCUT2D eigenvalue weighted by molar-refractivity contribution is 6.06. The first-order valence-corrected chi connectivity index (χ1v) is 13.0. The highest BCUT2D eigenvalue weighted by Crippen LogP contribution is 2.75. The van der Waals surface area contributed by atoms with Crippen LogP contribution in [-0.4, -0.2) is 11.6 Å². The summed E-state index contributed by atoms with van der Waals surface area (Å²) in [4.78, 5) is 28.1. The summed E-state index contributed by atoms with van der Waals surface area (Å²) < 4.78 is 0. The number of fused-ring (bicyclic) bond motifs is 1. The third-order valence-corrected chi connectivity index (χ3v) is 10.4. The van der Waals surface area contributed by atoms with Gasteiger partial charge in [0.2, 0.25) is 0 Å². The second-order valence-electron chi connectivity index (χ2n) is 11.4. The molecule has 2 unspecified atom stereocenters. The Balaban J connectivity index is 1.25. The molecule has 10 rings (SSSR count). The molecule has 8 aliphatic carbocycles. The Morgan fingerprint density at radius 1 is 0.441 bits per heavy atom. The van der Waals surface area contributed by atoms with Gasteiger partial charge in [0.1, 0.15) is 0 Å². The molecule has 2 aromatic rings. The summed E-state index contributed by atoms with van der Waals surface area (Å²) in [6.45, 7) is 0. The van der Waals surface area contributed by atoms with Crippen molar-refractivity contribution in [1.82, 2.24) is 0 Å². The number of carbonyl (C=O) groups excluding carboxylic acids is 2. The molecule has 0 aromatic heterocycles. The highest BCUT2D eigenvalue weighted by Gasteiger charge is 2.72. The van der Waals surface area contributed by atoms with Crippen LogP contribution in [0.1, 0.15) is 20.7 Å². The lowest BCUT2D eigenvalue weighted by molar-refractivity contribution is -0.153. The van der Waals surface area contributed by atoms with Crippen molar-refractivity contribution in [3.05, 3.63) is 108 Å². The van der Waals surface area contributed by atoms with Gasteiger partial charge < -0.3 is 0 Å². The number of hydrogen-bond donors (Lipinski definition) is 0. The summed E-state index contributed by atoms with van der Waals surface area (Å²) in [6.07, 6.45) is 14.6. The van der Waals surface area contributed by atoms with Crippen molar-refractivity contribution in [2.45, 2.75) is 0 Å².